The van der Waals surface area contributed by atoms with Gasteiger partial charge in [0.05, 0.1) is 12.6 Å². The SMILES string of the molecule is CNCC(=O)[C@@H](N)Cc1ccc(OCc2ccccc2)cc1. The molecule has 1 atom stereocenters. The van der Waals surface area contributed by atoms with Crippen molar-refractivity contribution in [2.45, 2.75) is 19.1 Å². The zero-order chi connectivity index (χ0) is 15.8. The number of likely N-dealkylation sites (N-methyl/N-ethyl adjacent to an activating group) is 1. The number of nitrogens with two attached hydrogens (primary N) is 1. The zero-order valence-corrected chi connectivity index (χ0v) is 12.8. The minimum atomic E-state index is -0.469. The summed E-state index contributed by atoms with van der Waals surface area (Å²) < 4.78 is 5.73. The lowest BCUT2D eigenvalue weighted by Crippen LogP contribution is -2.38. The van der Waals surface area contributed by atoms with E-state index in [9.17, 15) is 4.79 Å². The Balaban J connectivity index is 1.86. The van der Waals surface area contributed by atoms with E-state index in [0.717, 1.165) is 16.9 Å². The monoisotopic (exact) mass is 298 g/mol. The van der Waals surface area contributed by atoms with Gasteiger partial charge in [-0.05, 0) is 36.7 Å². The van der Waals surface area contributed by atoms with E-state index in [1.165, 1.54) is 0 Å². The third-order valence-corrected chi connectivity index (χ3v) is 3.39. The van der Waals surface area contributed by atoms with Crippen molar-refractivity contribution in [3.63, 3.8) is 0 Å². The molecular weight excluding hydrogens is 276 g/mol. The van der Waals surface area contributed by atoms with Crippen LogP contribution in [0.3, 0.4) is 0 Å². The van der Waals surface area contributed by atoms with Gasteiger partial charge in [0.15, 0.2) is 5.78 Å². The molecular formula is C18H22N2O2. The lowest BCUT2D eigenvalue weighted by molar-refractivity contribution is -0.119. The van der Waals surface area contributed by atoms with Gasteiger partial charge in [0.25, 0.3) is 0 Å². The number of benzene rings is 2. The highest BCUT2D eigenvalue weighted by molar-refractivity contribution is 5.85. The molecule has 0 aliphatic rings. The number of carbonyl (C=O) groups is 1. The maximum absolute atomic E-state index is 11.7. The van der Waals surface area contributed by atoms with Gasteiger partial charge in [0.2, 0.25) is 0 Å². The van der Waals surface area contributed by atoms with Gasteiger partial charge in [-0.2, -0.15) is 0 Å². The molecule has 0 saturated carbocycles. The van der Waals surface area contributed by atoms with Gasteiger partial charge in [-0.1, -0.05) is 42.5 Å². The van der Waals surface area contributed by atoms with Crippen LogP contribution in [0.15, 0.2) is 54.6 Å². The van der Waals surface area contributed by atoms with Crippen LogP contribution in [0.25, 0.3) is 0 Å². The van der Waals surface area contributed by atoms with E-state index in [4.69, 9.17) is 10.5 Å². The Labute approximate surface area is 131 Å². The quantitative estimate of drug-likeness (QED) is 0.781. The topological polar surface area (TPSA) is 64.4 Å². The van der Waals surface area contributed by atoms with Crippen LogP contribution in [-0.2, 0) is 17.8 Å². The second kappa shape index (κ2) is 8.32. The van der Waals surface area contributed by atoms with Crippen molar-refractivity contribution in [2.24, 2.45) is 5.73 Å². The minimum absolute atomic E-state index is 0.0203. The highest BCUT2D eigenvalue weighted by Gasteiger charge is 2.12. The molecule has 2 rings (SSSR count). The molecule has 0 amide bonds. The first kappa shape index (κ1) is 16.2. The largest absolute Gasteiger partial charge is 0.489 e. The Morgan fingerprint density at radius 3 is 2.41 bits per heavy atom. The molecule has 2 aromatic rings. The maximum atomic E-state index is 11.7. The van der Waals surface area contributed by atoms with Gasteiger partial charge in [-0.25, -0.2) is 0 Å². The fourth-order valence-electron chi connectivity index (χ4n) is 2.14. The fourth-order valence-corrected chi connectivity index (χ4v) is 2.14. The first-order valence-electron chi connectivity index (χ1n) is 7.37. The normalized spacial score (nSPS) is 11.9. The van der Waals surface area contributed by atoms with E-state index < -0.39 is 6.04 Å². The molecule has 0 radical (unpaired) electrons. The Morgan fingerprint density at radius 2 is 1.77 bits per heavy atom. The number of hydrogen-bond acceptors (Lipinski definition) is 4. The third kappa shape index (κ3) is 4.98. The lowest BCUT2D eigenvalue weighted by atomic mass is 10.0. The second-order valence-electron chi connectivity index (χ2n) is 5.23. The van der Waals surface area contributed by atoms with Gasteiger partial charge < -0.3 is 15.8 Å². The Morgan fingerprint density at radius 1 is 1.09 bits per heavy atom. The number of Topliss-reactive ketones (excluding diaryl/α,β-unsaturated/α-hetero) is 1. The first-order chi connectivity index (χ1) is 10.7. The van der Waals surface area contributed by atoms with Gasteiger partial charge in [-0.15, -0.1) is 0 Å². The molecule has 2 aromatic carbocycles. The molecule has 4 heteroatoms. The number of nitrogens with one attached hydrogen (secondary N) is 1. The predicted octanol–water partition coefficient (Wildman–Crippen LogP) is 1.92. The molecule has 0 unspecified atom stereocenters. The summed E-state index contributed by atoms with van der Waals surface area (Å²) in [5.74, 6) is 0.828. The second-order valence-corrected chi connectivity index (χ2v) is 5.23. The summed E-state index contributed by atoms with van der Waals surface area (Å²) in [5, 5.41) is 2.83. The lowest BCUT2D eigenvalue weighted by Gasteiger charge is -2.11. The van der Waals surface area contributed by atoms with Crippen molar-refractivity contribution in [1.29, 1.82) is 0 Å². The highest BCUT2D eigenvalue weighted by Crippen LogP contribution is 2.15. The summed E-state index contributed by atoms with van der Waals surface area (Å²) in [4.78, 5) is 11.7. The Kier molecular flexibility index (Phi) is 6.13. The molecule has 0 heterocycles. The predicted molar refractivity (Wildman–Crippen MR) is 87.8 cm³/mol. The van der Waals surface area contributed by atoms with Crippen LogP contribution < -0.4 is 15.8 Å². The summed E-state index contributed by atoms with van der Waals surface area (Å²) in [5.41, 5.74) is 8.05. The van der Waals surface area contributed by atoms with Crippen molar-refractivity contribution in [3.05, 3.63) is 65.7 Å². The molecule has 3 N–H and O–H groups in total. The fraction of sp³-hybridized carbons (Fsp3) is 0.278. The van der Waals surface area contributed by atoms with E-state index in [2.05, 4.69) is 5.32 Å². The molecule has 0 saturated heterocycles. The number of ketones is 1. The van der Waals surface area contributed by atoms with Crippen LogP contribution in [0.1, 0.15) is 11.1 Å². The third-order valence-electron chi connectivity index (χ3n) is 3.39. The summed E-state index contributed by atoms with van der Waals surface area (Å²) in [6.07, 6.45) is 0.541. The number of carbonyl (C=O) groups excluding carboxylic acids is 1. The molecule has 116 valence electrons. The average molecular weight is 298 g/mol. The Bertz CT molecular complexity index is 582. The highest BCUT2D eigenvalue weighted by atomic mass is 16.5. The van der Waals surface area contributed by atoms with Crippen molar-refractivity contribution in [2.75, 3.05) is 13.6 Å². The molecule has 0 bridgehead atoms. The summed E-state index contributed by atoms with van der Waals surface area (Å²) >= 11 is 0. The van der Waals surface area contributed by atoms with E-state index in [-0.39, 0.29) is 5.78 Å². The number of rotatable bonds is 8. The van der Waals surface area contributed by atoms with Crippen LogP contribution in [0.2, 0.25) is 0 Å². The smallest absolute Gasteiger partial charge is 0.163 e. The molecule has 0 aromatic heterocycles. The van der Waals surface area contributed by atoms with E-state index in [1.807, 2.05) is 54.6 Å². The van der Waals surface area contributed by atoms with E-state index in [0.29, 0.717) is 19.6 Å². The number of ether oxygens (including phenoxy) is 1. The molecule has 0 spiro atoms. The first-order valence-corrected chi connectivity index (χ1v) is 7.37. The standard InChI is InChI=1S/C18H22N2O2/c1-20-12-18(21)17(19)11-14-7-9-16(10-8-14)22-13-15-5-3-2-4-6-15/h2-10,17,20H,11-13,19H2,1H3/t17-/m0/s1. The van der Waals surface area contributed by atoms with Crippen molar-refractivity contribution >= 4 is 5.78 Å². The van der Waals surface area contributed by atoms with Crippen LogP contribution in [0, 0.1) is 0 Å². The van der Waals surface area contributed by atoms with Crippen molar-refractivity contribution in [1.82, 2.24) is 5.32 Å². The molecule has 0 aliphatic carbocycles. The number of hydrogen-bond donors (Lipinski definition) is 2. The minimum Gasteiger partial charge on any atom is -0.489 e. The van der Waals surface area contributed by atoms with Gasteiger partial charge in [0, 0.05) is 0 Å². The summed E-state index contributed by atoms with van der Waals surface area (Å²) in [6, 6.07) is 17.3. The summed E-state index contributed by atoms with van der Waals surface area (Å²) in [6.45, 7) is 0.847. The molecule has 0 fully saturated rings. The van der Waals surface area contributed by atoms with Gasteiger partial charge >= 0.3 is 0 Å². The molecule has 0 aliphatic heterocycles. The molecule has 4 nitrogen and oxygen atoms in total. The zero-order valence-electron chi connectivity index (χ0n) is 12.8. The maximum Gasteiger partial charge on any atom is 0.163 e. The van der Waals surface area contributed by atoms with Crippen LogP contribution in [-0.4, -0.2) is 25.4 Å². The molecule has 22 heavy (non-hydrogen) atoms. The van der Waals surface area contributed by atoms with Crippen molar-refractivity contribution in [3.8, 4) is 5.75 Å². The van der Waals surface area contributed by atoms with Gasteiger partial charge in [-0.3, -0.25) is 4.79 Å². The van der Waals surface area contributed by atoms with Crippen LogP contribution in [0.5, 0.6) is 5.75 Å². The van der Waals surface area contributed by atoms with Gasteiger partial charge in [0.1, 0.15) is 12.4 Å². The van der Waals surface area contributed by atoms with Crippen LogP contribution in [0.4, 0.5) is 0 Å². The summed E-state index contributed by atoms with van der Waals surface area (Å²) in [7, 11) is 1.74. The van der Waals surface area contributed by atoms with Crippen molar-refractivity contribution < 1.29 is 9.53 Å². The van der Waals surface area contributed by atoms with Crippen LogP contribution >= 0.6 is 0 Å². The Hall–Kier alpha value is -2.17. The van der Waals surface area contributed by atoms with E-state index in [1.54, 1.807) is 7.05 Å². The van der Waals surface area contributed by atoms with E-state index >= 15 is 0 Å². The average Bonchev–Trinajstić information content (AvgIpc) is 2.55.